The quantitative estimate of drug-likeness (QED) is 0.688. The molecular formula is C15H12BrN3S. The molecular weight excluding hydrogens is 334 g/mol. The number of fused-ring (bicyclic) bond motifs is 1. The third-order valence-electron chi connectivity index (χ3n) is 2.89. The Bertz CT molecular complexity index is 761. The molecule has 0 fully saturated rings. The highest BCUT2D eigenvalue weighted by molar-refractivity contribution is 9.10. The first-order valence-electron chi connectivity index (χ1n) is 6.07. The summed E-state index contributed by atoms with van der Waals surface area (Å²) in [6.07, 6.45) is 5.64. The second kappa shape index (κ2) is 5.81. The van der Waals surface area contributed by atoms with Crippen LogP contribution in [0.5, 0.6) is 0 Å². The molecule has 100 valence electrons. The van der Waals surface area contributed by atoms with Gasteiger partial charge in [0.2, 0.25) is 0 Å². The fourth-order valence-electron chi connectivity index (χ4n) is 1.96. The normalized spacial score (nSPS) is 10.7. The van der Waals surface area contributed by atoms with Gasteiger partial charge in [-0.2, -0.15) is 0 Å². The summed E-state index contributed by atoms with van der Waals surface area (Å²) in [4.78, 5) is 10.0. The molecule has 0 bridgehead atoms. The van der Waals surface area contributed by atoms with Gasteiger partial charge in [-0.3, -0.25) is 9.97 Å². The molecule has 3 aromatic rings. The van der Waals surface area contributed by atoms with Gasteiger partial charge in [-0.05, 0) is 52.5 Å². The van der Waals surface area contributed by atoms with Crippen molar-refractivity contribution in [2.45, 2.75) is 4.90 Å². The van der Waals surface area contributed by atoms with E-state index in [9.17, 15) is 0 Å². The van der Waals surface area contributed by atoms with Crippen LogP contribution in [0.2, 0.25) is 0 Å². The molecule has 0 aliphatic heterocycles. The lowest BCUT2D eigenvalue weighted by molar-refractivity contribution is 1.32. The molecule has 0 radical (unpaired) electrons. The van der Waals surface area contributed by atoms with Gasteiger partial charge < -0.3 is 5.32 Å². The average molecular weight is 346 g/mol. The summed E-state index contributed by atoms with van der Waals surface area (Å²) < 4.78 is 0.930. The maximum atomic E-state index is 4.44. The van der Waals surface area contributed by atoms with E-state index in [1.807, 2.05) is 24.3 Å². The van der Waals surface area contributed by atoms with E-state index < -0.39 is 0 Å². The Kier molecular flexibility index (Phi) is 3.89. The van der Waals surface area contributed by atoms with Crippen LogP contribution in [0.25, 0.3) is 11.0 Å². The van der Waals surface area contributed by atoms with Crippen molar-refractivity contribution in [1.82, 2.24) is 9.97 Å². The summed E-state index contributed by atoms with van der Waals surface area (Å²) in [7, 11) is 0. The van der Waals surface area contributed by atoms with E-state index in [1.165, 1.54) is 4.90 Å². The van der Waals surface area contributed by atoms with Crippen molar-refractivity contribution < 1.29 is 0 Å². The van der Waals surface area contributed by atoms with Gasteiger partial charge in [-0.15, -0.1) is 11.8 Å². The van der Waals surface area contributed by atoms with E-state index in [0.29, 0.717) is 0 Å². The van der Waals surface area contributed by atoms with E-state index >= 15 is 0 Å². The largest absolute Gasteiger partial charge is 0.354 e. The molecule has 20 heavy (non-hydrogen) atoms. The minimum atomic E-state index is 0.866. The van der Waals surface area contributed by atoms with Crippen molar-refractivity contribution in [3.05, 3.63) is 53.3 Å². The Hall–Kier alpha value is -1.59. The molecule has 0 aliphatic rings. The zero-order valence-electron chi connectivity index (χ0n) is 10.8. The standard InChI is InChI=1S/C15H12BrN3S/c1-20-12-4-2-3-11(8-12)19-13-5-6-17-14-7-10(16)9-18-15(13)14/h2-9H,1H3,(H,17,19). The lowest BCUT2D eigenvalue weighted by Crippen LogP contribution is -1.94. The number of hydrogen-bond donors (Lipinski definition) is 1. The van der Waals surface area contributed by atoms with Crippen LogP contribution in [0, 0.1) is 0 Å². The van der Waals surface area contributed by atoms with Crippen LogP contribution in [-0.4, -0.2) is 16.2 Å². The van der Waals surface area contributed by atoms with E-state index in [1.54, 1.807) is 24.2 Å². The number of benzene rings is 1. The number of nitrogens with one attached hydrogen (secondary N) is 1. The van der Waals surface area contributed by atoms with Crippen LogP contribution in [0.4, 0.5) is 11.4 Å². The molecule has 1 aromatic carbocycles. The summed E-state index contributed by atoms with van der Waals surface area (Å²) in [5.41, 5.74) is 3.74. The molecule has 0 unspecified atom stereocenters. The summed E-state index contributed by atoms with van der Waals surface area (Å²) in [6, 6.07) is 12.2. The number of aromatic nitrogens is 2. The van der Waals surface area contributed by atoms with Crippen LogP contribution in [0.15, 0.2) is 58.2 Å². The highest BCUT2D eigenvalue weighted by Gasteiger charge is 2.04. The van der Waals surface area contributed by atoms with Crippen LogP contribution in [0.1, 0.15) is 0 Å². The second-order valence-corrected chi connectivity index (χ2v) is 6.03. The van der Waals surface area contributed by atoms with Gasteiger partial charge in [0.05, 0.1) is 11.2 Å². The Labute approximate surface area is 130 Å². The molecule has 2 heterocycles. The molecule has 1 N–H and O–H groups in total. The van der Waals surface area contributed by atoms with Gasteiger partial charge in [0.1, 0.15) is 5.52 Å². The van der Waals surface area contributed by atoms with Gasteiger partial charge in [-0.25, -0.2) is 0 Å². The molecule has 3 nitrogen and oxygen atoms in total. The predicted octanol–water partition coefficient (Wildman–Crippen LogP) is 4.86. The number of thioether (sulfide) groups is 1. The summed E-state index contributed by atoms with van der Waals surface area (Å²) in [6.45, 7) is 0. The number of nitrogens with zero attached hydrogens (tertiary/aromatic N) is 2. The van der Waals surface area contributed by atoms with Crippen LogP contribution in [0.3, 0.4) is 0 Å². The molecule has 3 rings (SSSR count). The van der Waals surface area contributed by atoms with E-state index in [0.717, 1.165) is 26.9 Å². The second-order valence-electron chi connectivity index (χ2n) is 4.24. The summed E-state index contributed by atoms with van der Waals surface area (Å²) in [5, 5.41) is 3.41. The van der Waals surface area contributed by atoms with Crippen LogP contribution >= 0.6 is 27.7 Å². The number of hydrogen-bond acceptors (Lipinski definition) is 4. The third-order valence-corrected chi connectivity index (χ3v) is 4.05. The van der Waals surface area contributed by atoms with Crippen LogP contribution in [-0.2, 0) is 0 Å². The van der Waals surface area contributed by atoms with Gasteiger partial charge in [-0.1, -0.05) is 6.07 Å². The zero-order valence-corrected chi connectivity index (χ0v) is 13.2. The third kappa shape index (κ3) is 2.78. The molecule has 0 atom stereocenters. The Morgan fingerprint density at radius 1 is 1.15 bits per heavy atom. The number of pyridine rings is 2. The zero-order chi connectivity index (χ0) is 13.9. The molecule has 5 heteroatoms. The smallest absolute Gasteiger partial charge is 0.112 e. The predicted molar refractivity (Wildman–Crippen MR) is 88.7 cm³/mol. The van der Waals surface area contributed by atoms with Crippen molar-refractivity contribution in [2.24, 2.45) is 0 Å². The summed E-state index contributed by atoms with van der Waals surface area (Å²) in [5.74, 6) is 0. The minimum absolute atomic E-state index is 0.866. The molecule has 0 spiro atoms. The maximum absolute atomic E-state index is 4.44. The summed E-state index contributed by atoms with van der Waals surface area (Å²) >= 11 is 5.14. The fourth-order valence-corrected chi connectivity index (χ4v) is 2.74. The van der Waals surface area contributed by atoms with E-state index in [2.05, 4.69) is 49.6 Å². The van der Waals surface area contributed by atoms with Crippen molar-refractivity contribution in [1.29, 1.82) is 0 Å². The average Bonchev–Trinajstić information content (AvgIpc) is 2.47. The first kappa shape index (κ1) is 13.4. The molecule has 0 amide bonds. The highest BCUT2D eigenvalue weighted by Crippen LogP contribution is 2.27. The van der Waals surface area contributed by atoms with Gasteiger partial charge in [0.25, 0.3) is 0 Å². The topological polar surface area (TPSA) is 37.8 Å². The van der Waals surface area contributed by atoms with Crippen molar-refractivity contribution in [3.8, 4) is 0 Å². The van der Waals surface area contributed by atoms with Gasteiger partial charge in [0.15, 0.2) is 0 Å². The SMILES string of the molecule is CSc1cccc(Nc2ccnc3cc(Br)cnc23)c1. The molecule has 2 aromatic heterocycles. The van der Waals surface area contributed by atoms with Crippen LogP contribution < -0.4 is 5.32 Å². The fraction of sp³-hybridized carbons (Fsp3) is 0.0667. The lowest BCUT2D eigenvalue weighted by atomic mass is 10.2. The Morgan fingerprint density at radius 2 is 2.05 bits per heavy atom. The van der Waals surface area contributed by atoms with Crippen molar-refractivity contribution >= 4 is 50.1 Å². The van der Waals surface area contributed by atoms with Gasteiger partial charge >= 0.3 is 0 Å². The van der Waals surface area contributed by atoms with Crippen molar-refractivity contribution in [2.75, 3.05) is 11.6 Å². The molecule has 0 saturated carbocycles. The van der Waals surface area contributed by atoms with E-state index in [4.69, 9.17) is 0 Å². The van der Waals surface area contributed by atoms with Crippen molar-refractivity contribution in [3.63, 3.8) is 0 Å². The van der Waals surface area contributed by atoms with E-state index in [-0.39, 0.29) is 0 Å². The first-order valence-corrected chi connectivity index (χ1v) is 8.09. The monoisotopic (exact) mass is 345 g/mol. The first-order chi connectivity index (χ1) is 9.76. The molecule has 0 saturated heterocycles. The number of anilines is 2. The lowest BCUT2D eigenvalue weighted by Gasteiger charge is -2.09. The maximum Gasteiger partial charge on any atom is 0.112 e. The minimum Gasteiger partial charge on any atom is -0.354 e. The highest BCUT2D eigenvalue weighted by atomic mass is 79.9. The Balaban J connectivity index is 2.02. The molecule has 0 aliphatic carbocycles. The Morgan fingerprint density at radius 3 is 2.90 bits per heavy atom. The number of rotatable bonds is 3. The number of halogens is 1. The van der Waals surface area contributed by atoms with Gasteiger partial charge in [0, 0.05) is 27.4 Å².